The Bertz CT molecular complexity index is 557. The van der Waals surface area contributed by atoms with E-state index in [1.807, 2.05) is 5.32 Å². The molecular weight excluding hydrogens is 327 g/mol. The number of nitrogens with one attached hydrogen (secondary N) is 2. The van der Waals surface area contributed by atoms with Crippen LogP contribution < -0.4 is 10.6 Å². The molecule has 0 radical (unpaired) electrons. The van der Waals surface area contributed by atoms with Gasteiger partial charge in [-0.05, 0) is 12.1 Å². The van der Waals surface area contributed by atoms with Crippen molar-refractivity contribution in [3.63, 3.8) is 0 Å². The third-order valence-corrected chi connectivity index (χ3v) is 2.63. The standard InChI is InChI=1S/C13H13F5N2O3/c14-7-2-1-3-8(15)12(7)9(21)5-19-10(22)4-11(23)20-6-13(16,17)18/h1-3,9,21H,4-6H2,(H,19,22)(H,20,23). The van der Waals surface area contributed by atoms with E-state index in [0.717, 1.165) is 18.2 Å². The average molecular weight is 340 g/mol. The zero-order valence-electron chi connectivity index (χ0n) is 11.6. The maximum absolute atomic E-state index is 13.4. The Morgan fingerprint density at radius 3 is 2.13 bits per heavy atom. The van der Waals surface area contributed by atoms with Gasteiger partial charge in [-0.2, -0.15) is 13.2 Å². The monoisotopic (exact) mass is 340 g/mol. The van der Waals surface area contributed by atoms with E-state index in [9.17, 15) is 36.6 Å². The maximum atomic E-state index is 13.4. The van der Waals surface area contributed by atoms with Gasteiger partial charge in [0.15, 0.2) is 0 Å². The molecule has 1 aromatic rings. The van der Waals surface area contributed by atoms with E-state index < -0.39 is 60.8 Å². The first-order valence-corrected chi connectivity index (χ1v) is 6.32. The van der Waals surface area contributed by atoms with Crippen LogP contribution in [0.4, 0.5) is 22.0 Å². The molecule has 5 nitrogen and oxygen atoms in total. The predicted molar refractivity (Wildman–Crippen MR) is 68.0 cm³/mol. The summed E-state index contributed by atoms with van der Waals surface area (Å²) < 4.78 is 62.3. The van der Waals surface area contributed by atoms with Crippen molar-refractivity contribution in [3.8, 4) is 0 Å². The number of alkyl halides is 3. The predicted octanol–water partition coefficient (Wildman–Crippen LogP) is 1.18. The summed E-state index contributed by atoms with van der Waals surface area (Å²) in [5, 5.41) is 13.1. The van der Waals surface area contributed by atoms with Crippen LogP contribution in [0.2, 0.25) is 0 Å². The van der Waals surface area contributed by atoms with Crippen molar-refractivity contribution >= 4 is 11.8 Å². The lowest BCUT2D eigenvalue weighted by Crippen LogP contribution is -2.38. The minimum absolute atomic E-state index is 0.608. The number of hydrogen-bond donors (Lipinski definition) is 3. The van der Waals surface area contributed by atoms with Gasteiger partial charge in [0, 0.05) is 6.54 Å². The minimum Gasteiger partial charge on any atom is -0.386 e. The molecule has 0 heterocycles. The van der Waals surface area contributed by atoms with Crippen LogP contribution in [0.25, 0.3) is 0 Å². The molecule has 0 aliphatic heterocycles. The van der Waals surface area contributed by atoms with Gasteiger partial charge in [0.25, 0.3) is 0 Å². The van der Waals surface area contributed by atoms with Crippen molar-refractivity contribution < 1.29 is 36.6 Å². The number of carbonyl (C=O) groups is 2. The quantitative estimate of drug-likeness (QED) is 0.538. The molecule has 1 aromatic carbocycles. The number of aliphatic hydroxyl groups excluding tert-OH is 1. The number of halogens is 5. The molecule has 0 saturated heterocycles. The van der Waals surface area contributed by atoms with Crippen LogP contribution in [-0.4, -0.2) is 36.2 Å². The van der Waals surface area contributed by atoms with E-state index in [2.05, 4.69) is 0 Å². The maximum Gasteiger partial charge on any atom is 0.405 e. The zero-order chi connectivity index (χ0) is 17.6. The third kappa shape index (κ3) is 6.59. The molecule has 128 valence electrons. The highest BCUT2D eigenvalue weighted by Crippen LogP contribution is 2.19. The van der Waals surface area contributed by atoms with Crippen molar-refractivity contribution in [2.75, 3.05) is 13.1 Å². The summed E-state index contributed by atoms with van der Waals surface area (Å²) >= 11 is 0. The van der Waals surface area contributed by atoms with Crippen LogP contribution in [0.1, 0.15) is 18.1 Å². The Hall–Kier alpha value is -2.23. The number of rotatable bonds is 6. The third-order valence-electron chi connectivity index (χ3n) is 2.63. The Labute approximate surface area is 127 Å². The molecule has 0 saturated carbocycles. The fourth-order valence-electron chi connectivity index (χ4n) is 1.61. The van der Waals surface area contributed by atoms with Gasteiger partial charge in [0.05, 0.1) is 5.56 Å². The first-order valence-electron chi connectivity index (χ1n) is 6.32. The van der Waals surface area contributed by atoms with Gasteiger partial charge in [0.2, 0.25) is 11.8 Å². The normalized spacial score (nSPS) is 12.6. The molecule has 0 aromatic heterocycles. The lowest BCUT2D eigenvalue weighted by molar-refractivity contribution is -0.140. The Morgan fingerprint density at radius 2 is 1.61 bits per heavy atom. The second-order valence-electron chi connectivity index (χ2n) is 4.52. The smallest absolute Gasteiger partial charge is 0.386 e. The molecule has 1 rings (SSSR count). The van der Waals surface area contributed by atoms with Gasteiger partial charge in [0.1, 0.15) is 30.7 Å². The molecule has 10 heteroatoms. The number of aliphatic hydroxyl groups is 1. The van der Waals surface area contributed by atoms with Crippen molar-refractivity contribution in [1.82, 2.24) is 10.6 Å². The summed E-state index contributed by atoms with van der Waals surface area (Å²) in [5.41, 5.74) is -0.658. The molecular formula is C13H13F5N2O3. The molecule has 1 atom stereocenters. The number of benzene rings is 1. The first-order chi connectivity index (χ1) is 10.6. The summed E-state index contributed by atoms with van der Waals surface area (Å²) in [7, 11) is 0. The fourth-order valence-corrected chi connectivity index (χ4v) is 1.61. The fraction of sp³-hybridized carbons (Fsp3) is 0.385. The van der Waals surface area contributed by atoms with Gasteiger partial charge >= 0.3 is 6.18 Å². The average Bonchev–Trinajstić information content (AvgIpc) is 2.42. The zero-order valence-corrected chi connectivity index (χ0v) is 11.6. The van der Waals surface area contributed by atoms with Crippen LogP contribution in [0, 0.1) is 11.6 Å². The highest BCUT2D eigenvalue weighted by atomic mass is 19.4. The highest BCUT2D eigenvalue weighted by Gasteiger charge is 2.28. The topological polar surface area (TPSA) is 78.4 Å². The molecule has 0 fully saturated rings. The van der Waals surface area contributed by atoms with Gasteiger partial charge < -0.3 is 15.7 Å². The number of hydrogen-bond acceptors (Lipinski definition) is 3. The van der Waals surface area contributed by atoms with Gasteiger partial charge in [-0.1, -0.05) is 6.07 Å². The van der Waals surface area contributed by atoms with E-state index in [0.29, 0.717) is 0 Å². The molecule has 0 spiro atoms. The number of amides is 2. The van der Waals surface area contributed by atoms with Crippen molar-refractivity contribution in [1.29, 1.82) is 0 Å². The molecule has 23 heavy (non-hydrogen) atoms. The highest BCUT2D eigenvalue weighted by molar-refractivity contribution is 5.96. The SMILES string of the molecule is O=C(CC(=O)NCC(F)(F)F)NCC(O)c1c(F)cccc1F. The molecule has 2 amide bonds. The van der Waals surface area contributed by atoms with Crippen LogP contribution in [0.15, 0.2) is 18.2 Å². The Kier molecular flexibility index (Phi) is 6.43. The molecule has 0 bridgehead atoms. The Morgan fingerprint density at radius 1 is 1.09 bits per heavy atom. The molecule has 0 aliphatic carbocycles. The van der Waals surface area contributed by atoms with Crippen molar-refractivity contribution in [3.05, 3.63) is 35.4 Å². The summed E-state index contributed by atoms with van der Waals surface area (Å²) in [6.45, 7) is -2.19. The van der Waals surface area contributed by atoms with E-state index in [4.69, 9.17) is 0 Å². The van der Waals surface area contributed by atoms with Gasteiger partial charge in [-0.15, -0.1) is 0 Å². The van der Waals surface area contributed by atoms with Crippen molar-refractivity contribution in [2.45, 2.75) is 18.7 Å². The second kappa shape index (κ2) is 7.86. The van der Waals surface area contributed by atoms with E-state index >= 15 is 0 Å². The van der Waals surface area contributed by atoms with Crippen LogP contribution in [0.3, 0.4) is 0 Å². The Balaban J connectivity index is 2.45. The lowest BCUT2D eigenvalue weighted by Gasteiger charge is -2.14. The minimum atomic E-state index is -4.61. The second-order valence-corrected chi connectivity index (χ2v) is 4.52. The summed E-state index contributed by atoms with van der Waals surface area (Å²) in [5.74, 6) is -4.21. The van der Waals surface area contributed by atoms with E-state index in [1.54, 1.807) is 0 Å². The summed E-state index contributed by atoms with van der Waals surface area (Å²) in [4.78, 5) is 22.4. The number of carbonyl (C=O) groups excluding carboxylic acids is 2. The van der Waals surface area contributed by atoms with E-state index in [-0.39, 0.29) is 0 Å². The first kappa shape index (κ1) is 18.8. The summed E-state index contributed by atoms with van der Waals surface area (Å²) in [6, 6.07) is 2.91. The molecule has 0 aliphatic rings. The summed E-state index contributed by atoms with van der Waals surface area (Å²) in [6.07, 6.45) is -7.23. The van der Waals surface area contributed by atoms with Crippen LogP contribution >= 0.6 is 0 Å². The van der Waals surface area contributed by atoms with Gasteiger partial charge in [-0.25, -0.2) is 8.78 Å². The lowest BCUT2D eigenvalue weighted by atomic mass is 10.1. The molecule has 1 unspecified atom stereocenters. The van der Waals surface area contributed by atoms with Crippen molar-refractivity contribution in [2.24, 2.45) is 0 Å². The molecule has 3 N–H and O–H groups in total. The largest absolute Gasteiger partial charge is 0.405 e. The van der Waals surface area contributed by atoms with Crippen LogP contribution in [0.5, 0.6) is 0 Å². The van der Waals surface area contributed by atoms with Gasteiger partial charge in [-0.3, -0.25) is 9.59 Å². The van der Waals surface area contributed by atoms with E-state index in [1.165, 1.54) is 5.32 Å². The van der Waals surface area contributed by atoms with Crippen LogP contribution in [-0.2, 0) is 9.59 Å².